The second-order valence-electron chi connectivity index (χ2n) is 5.87. The van der Waals surface area contributed by atoms with E-state index < -0.39 is 63.4 Å². The molecule has 2 saturated heterocycles. The summed E-state index contributed by atoms with van der Waals surface area (Å²) in [6, 6.07) is 0. The molecule has 0 spiro atoms. The number of halogens is 6. The molecule has 154 valence electrons. The van der Waals surface area contributed by atoms with Crippen molar-refractivity contribution in [3.05, 3.63) is 0 Å². The fraction of sp³-hybridized carbons (Fsp3) is 1.00. The molecule has 0 aliphatic carbocycles. The van der Waals surface area contributed by atoms with Gasteiger partial charge in [0.2, 0.25) is 10.8 Å². The van der Waals surface area contributed by atoms with Crippen molar-refractivity contribution in [3.8, 4) is 0 Å². The van der Waals surface area contributed by atoms with Crippen LogP contribution in [0.2, 0.25) is 0 Å². The van der Waals surface area contributed by atoms with Crippen molar-refractivity contribution in [3.63, 3.8) is 0 Å². The van der Waals surface area contributed by atoms with E-state index in [0.717, 1.165) is 0 Å². The molecule has 0 aromatic rings. The maximum Gasteiger partial charge on any atom is 0.300 e. The van der Waals surface area contributed by atoms with E-state index in [1.807, 2.05) is 0 Å². The smallest absolute Gasteiger partial charge is 0.300 e. The summed E-state index contributed by atoms with van der Waals surface area (Å²) in [6.45, 7) is -0.793. The Morgan fingerprint density at radius 3 is 2.00 bits per heavy atom. The van der Waals surface area contributed by atoms with Gasteiger partial charge in [-0.3, -0.25) is 4.74 Å². The topological polar surface area (TPSA) is 129 Å². The van der Waals surface area contributed by atoms with Gasteiger partial charge >= 0.3 is 5.25 Å². The first-order valence-electron chi connectivity index (χ1n) is 7.13. The minimum atomic E-state index is -3.12. The Hall–Kier alpha value is 1.42. The Bertz CT molecular complexity index is 526. The Labute approximate surface area is 178 Å². The highest BCUT2D eigenvalue weighted by Crippen LogP contribution is 2.55. The standard InChI is InChI=1S/C12H16Cl6O8/c13-1-4-6(20)8(21)9(3-14,24-4)26-12(18)11(17,23)10(16,22)7(15)5(2-19)25-12/h4-8,19-23H,1-3H2/t4-,5-,6-,7-,8+,9+,10+,11+,12-/m1/s1. The molecule has 9 atom stereocenters. The van der Waals surface area contributed by atoms with Crippen molar-refractivity contribution in [2.75, 3.05) is 18.4 Å². The Balaban J connectivity index is 2.44. The minimum Gasteiger partial charge on any atom is -0.394 e. The second kappa shape index (κ2) is 7.92. The molecule has 5 N–H and O–H groups in total. The lowest BCUT2D eigenvalue weighted by Gasteiger charge is -2.54. The van der Waals surface area contributed by atoms with Gasteiger partial charge in [-0.2, -0.15) is 0 Å². The maximum absolute atomic E-state index is 10.5. The lowest BCUT2D eigenvalue weighted by molar-refractivity contribution is -0.392. The van der Waals surface area contributed by atoms with E-state index in [2.05, 4.69) is 0 Å². The van der Waals surface area contributed by atoms with Gasteiger partial charge in [-0.1, -0.05) is 34.8 Å². The van der Waals surface area contributed by atoms with E-state index in [0.29, 0.717) is 0 Å². The predicted octanol–water partition coefficient (Wildman–Crippen LogP) is 0.0434. The highest BCUT2D eigenvalue weighted by Gasteiger charge is 2.74. The zero-order valence-electron chi connectivity index (χ0n) is 12.7. The predicted molar refractivity (Wildman–Crippen MR) is 93.9 cm³/mol. The van der Waals surface area contributed by atoms with Crippen LogP contribution < -0.4 is 0 Å². The van der Waals surface area contributed by atoms with E-state index in [1.165, 1.54) is 0 Å². The molecule has 2 rings (SSSR count). The summed E-state index contributed by atoms with van der Waals surface area (Å²) in [5.41, 5.74) is 0. The van der Waals surface area contributed by atoms with Crippen molar-refractivity contribution < 1.29 is 39.7 Å². The first-order valence-corrected chi connectivity index (χ1v) is 9.77. The number of ether oxygens (including phenoxy) is 3. The molecule has 0 radical (unpaired) electrons. The van der Waals surface area contributed by atoms with E-state index in [4.69, 9.17) is 83.8 Å². The van der Waals surface area contributed by atoms with Gasteiger partial charge in [0.25, 0.3) is 5.06 Å². The van der Waals surface area contributed by atoms with Crippen LogP contribution in [0.4, 0.5) is 0 Å². The van der Waals surface area contributed by atoms with Crippen LogP contribution in [0.25, 0.3) is 0 Å². The largest absolute Gasteiger partial charge is 0.394 e. The van der Waals surface area contributed by atoms with Gasteiger partial charge < -0.3 is 35.0 Å². The van der Waals surface area contributed by atoms with Crippen molar-refractivity contribution in [1.29, 1.82) is 0 Å². The lowest BCUT2D eigenvalue weighted by Crippen LogP contribution is -2.74. The highest BCUT2D eigenvalue weighted by molar-refractivity contribution is 6.41. The molecule has 0 saturated carbocycles. The number of rotatable bonds is 5. The normalized spacial score (nSPS) is 55.3. The monoisotopic (exact) mass is 498 g/mol. The molecule has 2 fully saturated rings. The van der Waals surface area contributed by atoms with E-state index >= 15 is 0 Å². The zero-order valence-corrected chi connectivity index (χ0v) is 17.3. The number of aliphatic hydroxyl groups excluding tert-OH is 3. The van der Waals surface area contributed by atoms with Crippen LogP contribution >= 0.6 is 69.6 Å². The Morgan fingerprint density at radius 2 is 1.58 bits per heavy atom. The number of hydrogen-bond acceptors (Lipinski definition) is 8. The van der Waals surface area contributed by atoms with Gasteiger partial charge in [-0.25, -0.2) is 0 Å². The lowest BCUT2D eigenvalue weighted by atomic mass is 9.99. The van der Waals surface area contributed by atoms with Crippen molar-refractivity contribution in [2.45, 2.75) is 50.9 Å². The fourth-order valence-electron chi connectivity index (χ4n) is 2.62. The summed E-state index contributed by atoms with van der Waals surface area (Å²) in [6.07, 6.45) is -5.87. The SMILES string of the molecule is OC[C@H]1O[C@@](Cl)(O[C@]2(CCl)O[C@H](CCl)[C@@H](O)[C@@H]2O)[C@](O)(Cl)[C@](O)(Cl)[C@@H]1Cl. The molecule has 0 amide bonds. The number of hydrogen-bond donors (Lipinski definition) is 5. The van der Waals surface area contributed by atoms with Crippen LogP contribution in [-0.2, 0) is 14.2 Å². The Kier molecular flexibility index (Phi) is 7.22. The van der Waals surface area contributed by atoms with Gasteiger partial charge in [0, 0.05) is 0 Å². The molecule has 26 heavy (non-hydrogen) atoms. The maximum atomic E-state index is 10.5. The molecule has 0 aromatic carbocycles. The average Bonchev–Trinajstić information content (AvgIpc) is 2.82. The molecule has 2 heterocycles. The fourth-order valence-corrected chi connectivity index (χ4v) is 4.39. The highest BCUT2D eigenvalue weighted by atomic mass is 35.5. The summed E-state index contributed by atoms with van der Waals surface area (Å²) in [4.78, 5) is 0. The molecule has 0 unspecified atom stereocenters. The van der Waals surface area contributed by atoms with E-state index in [1.54, 1.807) is 0 Å². The van der Waals surface area contributed by atoms with Crippen LogP contribution in [0.3, 0.4) is 0 Å². The quantitative estimate of drug-likeness (QED) is 0.335. The van der Waals surface area contributed by atoms with Crippen LogP contribution in [0.15, 0.2) is 0 Å². The van der Waals surface area contributed by atoms with Gasteiger partial charge in [-0.15, -0.1) is 34.8 Å². The molecule has 14 heteroatoms. The molecular weight excluding hydrogens is 485 g/mol. The Morgan fingerprint density at radius 1 is 1.00 bits per heavy atom. The molecule has 2 aliphatic heterocycles. The van der Waals surface area contributed by atoms with E-state index in [9.17, 15) is 25.5 Å². The minimum absolute atomic E-state index is 0.246. The first-order chi connectivity index (χ1) is 11.8. The molecule has 8 nitrogen and oxygen atoms in total. The number of alkyl halides is 6. The second-order valence-corrected chi connectivity index (χ2v) is 8.53. The zero-order chi connectivity index (χ0) is 20.1. The van der Waals surface area contributed by atoms with Crippen LogP contribution in [0, 0.1) is 0 Å². The van der Waals surface area contributed by atoms with Gasteiger partial charge in [0.05, 0.1) is 18.4 Å². The van der Waals surface area contributed by atoms with Crippen LogP contribution in [0.5, 0.6) is 0 Å². The van der Waals surface area contributed by atoms with Crippen LogP contribution in [0.1, 0.15) is 0 Å². The summed E-state index contributed by atoms with van der Waals surface area (Å²) >= 11 is 35.2. The van der Waals surface area contributed by atoms with Crippen molar-refractivity contribution >= 4 is 69.6 Å². The molecule has 0 aromatic heterocycles. The average molecular weight is 501 g/mol. The van der Waals surface area contributed by atoms with Crippen molar-refractivity contribution in [2.24, 2.45) is 0 Å². The summed E-state index contributed by atoms with van der Waals surface area (Å²) < 4.78 is 15.9. The third-order valence-corrected chi connectivity index (χ3v) is 7.25. The van der Waals surface area contributed by atoms with Gasteiger partial charge in [0.15, 0.2) is 0 Å². The summed E-state index contributed by atoms with van der Waals surface area (Å²) in [5, 5.41) is 40.0. The van der Waals surface area contributed by atoms with Crippen LogP contribution in [-0.4, -0.2) is 94.8 Å². The van der Waals surface area contributed by atoms with E-state index in [-0.39, 0.29) is 5.88 Å². The molecule has 2 aliphatic rings. The molecule has 0 bridgehead atoms. The third-order valence-electron chi connectivity index (χ3n) is 4.18. The van der Waals surface area contributed by atoms with Gasteiger partial charge in [0.1, 0.15) is 29.8 Å². The molecular formula is C12H16Cl6O8. The summed E-state index contributed by atoms with van der Waals surface area (Å²) in [7, 11) is 0. The first kappa shape index (κ1) is 23.7. The summed E-state index contributed by atoms with van der Waals surface area (Å²) in [5.74, 6) is -3.13. The third kappa shape index (κ3) is 3.44. The number of aliphatic hydroxyl groups is 5. The van der Waals surface area contributed by atoms with Gasteiger partial charge in [-0.05, 0) is 0 Å². The van der Waals surface area contributed by atoms with Crippen molar-refractivity contribution in [1.82, 2.24) is 0 Å².